The summed E-state index contributed by atoms with van der Waals surface area (Å²) in [7, 11) is 3.66. The number of esters is 2. The maximum absolute atomic E-state index is 11.8. The molecule has 30 heavy (non-hydrogen) atoms. The van der Waals surface area contributed by atoms with E-state index in [4.69, 9.17) is 14.2 Å². The molecule has 2 aromatic heterocycles. The van der Waals surface area contributed by atoms with E-state index < -0.39 is 36.4 Å². The Morgan fingerprint density at radius 1 is 1.17 bits per heavy atom. The van der Waals surface area contributed by atoms with Crippen molar-refractivity contribution in [3.63, 3.8) is 0 Å². The van der Waals surface area contributed by atoms with Gasteiger partial charge in [-0.05, 0) is 0 Å². The Labute approximate surface area is 172 Å². The number of ether oxygens (including phenoxy) is 3. The Kier molecular flexibility index (Phi) is 6.15. The summed E-state index contributed by atoms with van der Waals surface area (Å²) in [5, 5.41) is 2.73. The molecule has 0 aromatic carbocycles. The Balaban J connectivity index is 2.03. The predicted molar refractivity (Wildman–Crippen MR) is 103 cm³/mol. The van der Waals surface area contributed by atoms with Crippen LogP contribution in [0.3, 0.4) is 0 Å². The lowest BCUT2D eigenvalue weighted by molar-refractivity contribution is -0.153. The molecule has 162 valence electrons. The highest BCUT2D eigenvalue weighted by molar-refractivity contribution is 5.83. The molecule has 0 radical (unpaired) electrons. The quantitative estimate of drug-likeness (QED) is 0.625. The minimum atomic E-state index is -0.901. The standard InChI is InChI=1S/C18H24N6O6/c1-9(25)22-13-12(6-28-10(2)26)30-18(15(13)29-11(3)27)24-8-21-14-16(23(4)5)19-7-20-17(14)24/h7-8,12-13,15,18H,6H2,1-5H3,(H,22,25). The fraction of sp³-hybridized carbons (Fsp3) is 0.556. The number of carbonyl (C=O) groups is 3. The summed E-state index contributed by atoms with van der Waals surface area (Å²) in [6.45, 7) is 3.75. The second kappa shape index (κ2) is 8.61. The second-order valence-corrected chi connectivity index (χ2v) is 7.08. The summed E-state index contributed by atoms with van der Waals surface area (Å²) in [5.74, 6) is -0.785. The van der Waals surface area contributed by atoms with Crippen LogP contribution in [0.15, 0.2) is 12.7 Å². The van der Waals surface area contributed by atoms with E-state index in [1.54, 1.807) is 9.47 Å². The maximum Gasteiger partial charge on any atom is 0.303 e. The number of nitrogens with one attached hydrogen (secondary N) is 1. The van der Waals surface area contributed by atoms with Crippen molar-refractivity contribution < 1.29 is 28.6 Å². The van der Waals surface area contributed by atoms with E-state index in [0.717, 1.165) is 0 Å². The molecule has 1 fully saturated rings. The molecule has 0 bridgehead atoms. The molecule has 12 nitrogen and oxygen atoms in total. The molecule has 1 amide bonds. The molecule has 3 rings (SSSR count). The summed E-state index contributed by atoms with van der Waals surface area (Å²) in [4.78, 5) is 49.6. The third-order valence-corrected chi connectivity index (χ3v) is 4.51. The number of amides is 1. The Bertz CT molecular complexity index is 960. The molecular formula is C18H24N6O6. The number of rotatable bonds is 6. The van der Waals surface area contributed by atoms with Crippen molar-refractivity contribution in [1.82, 2.24) is 24.8 Å². The zero-order chi connectivity index (χ0) is 22.0. The van der Waals surface area contributed by atoms with E-state index in [0.29, 0.717) is 17.0 Å². The van der Waals surface area contributed by atoms with Gasteiger partial charge in [0.05, 0.1) is 12.4 Å². The molecule has 1 N–H and O–H groups in total. The van der Waals surface area contributed by atoms with Crippen LogP contribution in [0.2, 0.25) is 0 Å². The van der Waals surface area contributed by atoms with Crippen molar-refractivity contribution in [3.05, 3.63) is 12.7 Å². The second-order valence-electron chi connectivity index (χ2n) is 7.08. The molecule has 4 atom stereocenters. The van der Waals surface area contributed by atoms with Crippen molar-refractivity contribution in [2.45, 2.75) is 45.2 Å². The van der Waals surface area contributed by atoms with Crippen LogP contribution in [-0.4, -0.2) is 76.3 Å². The Morgan fingerprint density at radius 3 is 2.50 bits per heavy atom. The first-order valence-corrected chi connectivity index (χ1v) is 9.27. The molecule has 0 aliphatic carbocycles. The molecule has 2 aromatic rings. The van der Waals surface area contributed by atoms with E-state index in [1.807, 2.05) is 14.1 Å². The summed E-state index contributed by atoms with van der Waals surface area (Å²) in [6, 6.07) is -0.747. The Hall–Kier alpha value is -3.28. The molecule has 0 spiro atoms. The van der Waals surface area contributed by atoms with Gasteiger partial charge in [0.2, 0.25) is 5.91 Å². The third-order valence-electron chi connectivity index (χ3n) is 4.51. The van der Waals surface area contributed by atoms with Gasteiger partial charge in [0.25, 0.3) is 0 Å². The van der Waals surface area contributed by atoms with Gasteiger partial charge in [0, 0.05) is 34.9 Å². The van der Waals surface area contributed by atoms with Crippen molar-refractivity contribution in [2.24, 2.45) is 0 Å². The van der Waals surface area contributed by atoms with E-state index in [2.05, 4.69) is 20.3 Å². The van der Waals surface area contributed by atoms with Crippen molar-refractivity contribution in [1.29, 1.82) is 0 Å². The third kappa shape index (κ3) is 4.32. The highest BCUT2D eigenvalue weighted by Crippen LogP contribution is 2.35. The van der Waals surface area contributed by atoms with Gasteiger partial charge in [-0.25, -0.2) is 15.0 Å². The highest BCUT2D eigenvalue weighted by atomic mass is 16.6. The number of carbonyl (C=O) groups excluding carboxylic acids is 3. The largest absolute Gasteiger partial charge is 0.463 e. The van der Waals surface area contributed by atoms with Gasteiger partial charge in [0.1, 0.15) is 19.0 Å². The number of fused-ring (bicyclic) bond motifs is 1. The smallest absolute Gasteiger partial charge is 0.303 e. The number of hydrogen-bond donors (Lipinski definition) is 1. The molecule has 4 unspecified atom stereocenters. The van der Waals surface area contributed by atoms with E-state index >= 15 is 0 Å². The van der Waals surface area contributed by atoms with Crippen molar-refractivity contribution >= 4 is 34.8 Å². The number of imidazole rings is 1. The van der Waals surface area contributed by atoms with Crippen molar-refractivity contribution in [2.75, 3.05) is 25.6 Å². The first-order valence-electron chi connectivity index (χ1n) is 9.27. The van der Waals surface area contributed by atoms with Gasteiger partial charge >= 0.3 is 11.9 Å². The van der Waals surface area contributed by atoms with Crippen LogP contribution >= 0.6 is 0 Å². The van der Waals surface area contributed by atoms with Crippen LogP contribution in [0.1, 0.15) is 27.0 Å². The molecule has 1 aliphatic heterocycles. The number of aromatic nitrogens is 4. The highest BCUT2D eigenvalue weighted by Gasteiger charge is 2.49. The summed E-state index contributed by atoms with van der Waals surface area (Å²) < 4.78 is 18.3. The number of anilines is 1. The van der Waals surface area contributed by atoms with Crippen LogP contribution < -0.4 is 10.2 Å². The number of hydrogen-bond acceptors (Lipinski definition) is 10. The summed E-state index contributed by atoms with van der Waals surface area (Å²) in [5.41, 5.74) is 0.998. The summed E-state index contributed by atoms with van der Waals surface area (Å²) >= 11 is 0. The Morgan fingerprint density at radius 2 is 1.90 bits per heavy atom. The summed E-state index contributed by atoms with van der Waals surface area (Å²) in [6.07, 6.45) is 0.392. The van der Waals surface area contributed by atoms with Crippen LogP contribution in [0, 0.1) is 0 Å². The zero-order valence-electron chi connectivity index (χ0n) is 17.4. The average molecular weight is 420 g/mol. The van der Waals surface area contributed by atoms with Crippen LogP contribution in [0.4, 0.5) is 5.82 Å². The first-order chi connectivity index (χ1) is 14.2. The van der Waals surface area contributed by atoms with Gasteiger partial charge in [-0.3, -0.25) is 19.0 Å². The van der Waals surface area contributed by atoms with Gasteiger partial charge in [-0.15, -0.1) is 0 Å². The maximum atomic E-state index is 11.8. The van der Waals surface area contributed by atoms with E-state index in [9.17, 15) is 14.4 Å². The molecule has 1 saturated heterocycles. The minimum Gasteiger partial charge on any atom is -0.463 e. The monoisotopic (exact) mass is 420 g/mol. The van der Waals surface area contributed by atoms with E-state index in [1.165, 1.54) is 33.4 Å². The molecule has 1 aliphatic rings. The fourth-order valence-electron chi connectivity index (χ4n) is 3.38. The fourth-order valence-corrected chi connectivity index (χ4v) is 3.38. The SMILES string of the molecule is CC(=O)NC1C(COC(C)=O)OC(n2cnc3c(N(C)C)ncnc32)C1OC(C)=O. The molecule has 3 heterocycles. The van der Waals surface area contributed by atoms with Gasteiger partial charge in [0.15, 0.2) is 29.3 Å². The van der Waals surface area contributed by atoms with Gasteiger partial charge < -0.3 is 24.4 Å². The molecule has 0 saturated carbocycles. The normalized spacial score (nSPS) is 23.2. The lowest BCUT2D eigenvalue weighted by Gasteiger charge is -2.24. The van der Waals surface area contributed by atoms with Crippen LogP contribution in [0.25, 0.3) is 11.2 Å². The zero-order valence-corrected chi connectivity index (χ0v) is 17.4. The minimum absolute atomic E-state index is 0.126. The number of nitrogens with zero attached hydrogens (tertiary/aromatic N) is 5. The van der Waals surface area contributed by atoms with Gasteiger partial charge in [-0.2, -0.15) is 0 Å². The molecule has 12 heteroatoms. The first kappa shape index (κ1) is 21.4. The van der Waals surface area contributed by atoms with Crippen molar-refractivity contribution in [3.8, 4) is 0 Å². The van der Waals surface area contributed by atoms with Crippen LogP contribution in [-0.2, 0) is 28.6 Å². The van der Waals surface area contributed by atoms with E-state index in [-0.39, 0.29) is 12.5 Å². The van der Waals surface area contributed by atoms with Crippen LogP contribution in [0.5, 0.6) is 0 Å². The lowest BCUT2D eigenvalue weighted by Crippen LogP contribution is -2.49. The lowest BCUT2D eigenvalue weighted by atomic mass is 10.1. The average Bonchev–Trinajstić information content (AvgIpc) is 3.21. The molecular weight excluding hydrogens is 396 g/mol. The topological polar surface area (TPSA) is 138 Å². The van der Waals surface area contributed by atoms with Gasteiger partial charge in [-0.1, -0.05) is 0 Å². The predicted octanol–water partition coefficient (Wildman–Crippen LogP) is -0.211.